The minimum Gasteiger partial charge on any atom is -0.482 e. The third-order valence-corrected chi connectivity index (χ3v) is 2.66. The Morgan fingerprint density at radius 1 is 1.32 bits per heavy atom. The number of aromatic nitrogens is 1. The van der Waals surface area contributed by atoms with Gasteiger partial charge < -0.3 is 10.1 Å². The van der Waals surface area contributed by atoms with Crippen LogP contribution in [0, 0.1) is 13.8 Å². The summed E-state index contributed by atoms with van der Waals surface area (Å²) in [4.78, 5) is 15.7. The highest BCUT2D eigenvalue weighted by atomic mass is 16.5. The number of carbonyl (C=O) groups excluding carboxylic acids is 1. The van der Waals surface area contributed by atoms with Gasteiger partial charge in [0.15, 0.2) is 6.61 Å². The van der Waals surface area contributed by atoms with Crippen LogP contribution in [0.4, 0.5) is 5.69 Å². The number of carbonyl (C=O) groups is 1. The van der Waals surface area contributed by atoms with Crippen LogP contribution in [0.5, 0.6) is 5.75 Å². The Labute approximate surface area is 112 Å². The molecule has 4 heteroatoms. The molecule has 0 aliphatic rings. The van der Waals surface area contributed by atoms with E-state index >= 15 is 0 Å². The molecule has 1 heterocycles. The monoisotopic (exact) mass is 256 g/mol. The van der Waals surface area contributed by atoms with Crippen molar-refractivity contribution in [2.24, 2.45) is 0 Å². The molecule has 0 unspecified atom stereocenters. The summed E-state index contributed by atoms with van der Waals surface area (Å²) in [5.74, 6) is 0.397. The molecular weight excluding hydrogens is 240 g/mol. The molecule has 0 bridgehead atoms. The number of nitrogens with zero attached hydrogens (tertiary/aromatic N) is 1. The van der Waals surface area contributed by atoms with E-state index in [-0.39, 0.29) is 12.5 Å². The number of aryl methyl sites for hydroxylation is 2. The van der Waals surface area contributed by atoms with Gasteiger partial charge in [-0.3, -0.25) is 9.78 Å². The van der Waals surface area contributed by atoms with E-state index in [0.29, 0.717) is 5.75 Å². The van der Waals surface area contributed by atoms with E-state index in [1.807, 2.05) is 32.0 Å². The van der Waals surface area contributed by atoms with Gasteiger partial charge in [-0.1, -0.05) is 17.7 Å². The molecule has 0 atom stereocenters. The molecule has 1 N–H and O–H groups in total. The Bertz CT molecular complexity index is 568. The summed E-state index contributed by atoms with van der Waals surface area (Å²) < 4.78 is 5.33. The number of pyridine rings is 1. The van der Waals surface area contributed by atoms with Gasteiger partial charge in [0.25, 0.3) is 5.91 Å². The summed E-state index contributed by atoms with van der Waals surface area (Å²) in [7, 11) is 0. The summed E-state index contributed by atoms with van der Waals surface area (Å²) in [6, 6.07) is 9.41. The van der Waals surface area contributed by atoms with E-state index in [0.717, 1.165) is 11.3 Å². The summed E-state index contributed by atoms with van der Waals surface area (Å²) in [5, 5.41) is 2.82. The first-order valence-corrected chi connectivity index (χ1v) is 6.05. The van der Waals surface area contributed by atoms with E-state index < -0.39 is 0 Å². The van der Waals surface area contributed by atoms with Gasteiger partial charge in [-0.05, 0) is 37.6 Å². The highest BCUT2D eigenvalue weighted by molar-refractivity contribution is 5.92. The number of ether oxygens (including phenoxy) is 1. The molecule has 98 valence electrons. The van der Waals surface area contributed by atoms with E-state index in [2.05, 4.69) is 10.3 Å². The molecule has 0 saturated heterocycles. The Hall–Kier alpha value is -2.36. The third-order valence-electron chi connectivity index (χ3n) is 2.66. The maximum Gasteiger partial charge on any atom is 0.262 e. The Balaban J connectivity index is 1.91. The van der Waals surface area contributed by atoms with Gasteiger partial charge >= 0.3 is 0 Å². The molecule has 1 aromatic carbocycles. The Kier molecular flexibility index (Phi) is 4.13. The predicted octanol–water partition coefficient (Wildman–Crippen LogP) is 2.72. The highest BCUT2D eigenvalue weighted by Gasteiger charge is 2.05. The number of rotatable bonds is 4. The second-order valence-electron chi connectivity index (χ2n) is 4.34. The quantitative estimate of drug-likeness (QED) is 0.915. The van der Waals surface area contributed by atoms with Crippen molar-refractivity contribution < 1.29 is 9.53 Å². The van der Waals surface area contributed by atoms with Crippen LogP contribution in [-0.2, 0) is 4.79 Å². The molecule has 0 aliphatic heterocycles. The lowest BCUT2D eigenvalue weighted by molar-refractivity contribution is -0.118. The topological polar surface area (TPSA) is 51.2 Å². The van der Waals surface area contributed by atoms with E-state index in [9.17, 15) is 4.79 Å². The third kappa shape index (κ3) is 3.81. The molecule has 19 heavy (non-hydrogen) atoms. The van der Waals surface area contributed by atoms with Gasteiger partial charge in [0.1, 0.15) is 5.75 Å². The SMILES string of the molecule is Cc1ccc(NC(=O)COc2cccnc2)c(C)c1. The molecule has 0 aliphatic carbocycles. The van der Waals surface area contributed by atoms with Crippen LogP contribution in [0.25, 0.3) is 0 Å². The van der Waals surface area contributed by atoms with Gasteiger partial charge in [0, 0.05) is 11.9 Å². The van der Waals surface area contributed by atoms with Crippen molar-refractivity contribution in [3.63, 3.8) is 0 Å². The molecule has 0 radical (unpaired) electrons. The lowest BCUT2D eigenvalue weighted by Crippen LogP contribution is -2.20. The number of anilines is 1. The average Bonchev–Trinajstić information content (AvgIpc) is 2.41. The maximum absolute atomic E-state index is 11.8. The fourth-order valence-corrected chi connectivity index (χ4v) is 1.72. The molecule has 0 spiro atoms. The summed E-state index contributed by atoms with van der Waals surface area (Å²) in [6.07, 6.45) is 3.23. The lowest BCUT2D eigenvalue weighted by Gasteiger charge is -2.10. The molecule has 2 rings (SSSR count). The average molecular weight is 256 g/mol. The van der Waals surface area contributed by atoms with Crippen molar-refractivity contribution in [2.45, 2.75) is 13.8 Å². The van der Waals surface area contributed by atoms with Gasteiger partial charge in [0.05, 0.1) is 6.20 Å². The van der Waals surface area contributed by atoms with Crippen LogP contribution in [0.2, 0.25) is 0 Å². The predicted molar refractivity (Wildman–Crippen MR) is 74.3 cm³/mol. The minimum absolute atomic E-state index is 0.0288. The number of benzene rings is 1. The Morgan fingerprint density at radius 3 is 2.84 bits per heavy atom. The zero-order chi connectivity index (χ0) is 13.7. The molecule has 1 amide bonds. The lowest BCUT2D eigenvalue weighted by atomic mass is 10.1. The Morgan fingerprint density at radius 2 is 2.16 bits per heavy atom. The second kappa shape index (κ2) is 6.00. The normalized spacial score (nSPS) is 10.0. The molecule has 4 nitrogen and oxygen atoms in total. The van der Waals surface area contributed by atoms with Crippen molar-refractivity contribution in [1.29, 1.82) is 0 Å². The van der Waals surface area contributed by atoms with Crippen LogP contribution >= 0.6 is 0 Å². The van der Waals surface area contributed by atoms with Gasteiger partial charge in [-0.2, -0.15) is 0 Å². The van der Waals surface area contributed by atoms with Crippen LogP contribution in [0.15, 0.2) is 42.7 Å². The minimum atomic E-state index is -0.184. The van der Waals surface area contributed by atoms with E-state index in [1.54, 1.807) is 24.5 Å². The first-order valence-electron chi connectivity index (χ1n) is 6.05. The van der Waals surface area contributed by atoms with Gasteiger partial charge in [-0.25, -0.2) is 0 Å². The smallest absolute Gasteiger partial charge is 0.262 e. The van der Waals surface area contributed by atoms with Crippen LogP contribution in [-0.4, -0.2) is 17.5 Å². The zero-order valence-electron chi connectivity index (χ0n) is 11.0. The molecule has 0 saturated carbocycles. The van der Waals surface area contributed by atoms with Crippen molar-refractivity contribution >= 4 is 11.6 Å². The van der Waals surface area contributed by atoms with Gasteiger partial charge in [0.2, 0.25) is 0 Å². The summed E-state index contributed by atoms with van der Waals surface area (Å²) in [6.45, 7) is 3.95. The molecular formula is C15H16N2O2. The number of amides is 1. The van der Waals surface area contributed by atoms with Crippen molar-refractivity contribution in [1.82, 2.24) is 4.98 Å². The molecule has 1 aromatic heterocycles. The van der Waals surface area contributed by atoms with Crippen molar-refractivity contribution in [3.8, 4) is 5.75 Å². The first-order chi connectivity index (χ1) is 9.15. The van der Waals surface area contributed by atoms with Crippen LogP contribution in [0.1, 0.15) is 11.1 Å². The van der Waals surface area contributed by atoms with Crippen molar-refractivity contribution in [2.75, 3.05) is 11.9 Å². The molecule has 2 aromatic rings. The molecule has 0 fully saturated rings. The van der Waals surface area contributed by atoms with E-state index in [1.165, 1.54) is 5.56 Å². The number of hydrogen-bond acceptors (Lipinski definition) is 3. The summed E-state index contributed by atoms with van der Waals surface area (Å²) in [5.41, 5.74) is 3.02. The van der Waals surface area contributed by atoms with E-state index in [4.69, 9.17) is 4.74 Å². The highest BCUT2D eigenvalue weighted by Crippen LogP contribution is 2.16. The van der Waals surface area contributed by atoms with Crippen molar-refractivity contribution in [3.05, 3.63) is 53.9 Å². The zero-order valence-corrected chi connectivity index (χ0v) is 11.0. The largest absolute Gasteiger partial charge is 0.482 e. The van der Waals surface area contributed by atoms with Crippen LogP contribution < -0.4 is 10.1 Å². The summed E-state index contributed by atoms with van der Waals surface area (Å²) >= 11 is 0. The fourth-order valence-electron chi connectivity index (χ4n) is 1.72. The first kappa shape index (κ1) is 13.1. The number of nitrogens with one attached hydrogen (secondary N) is 1. The standard InChI is InChI=1S/C15H16N2O2/c1-11-5-6-14(12(2)8-11)17-15(18)10-19-13-4-3-7-16-9-13/h3-9H,10H2,1-2H3,(H,17,18). The van der Waals surface area contributed by atoms with Gasteiger partial charge in [-0.15, -0.1) is 0 Å². The fraction of sp³-hybridized carbons (Fsp3) is 0.200. The van der Waals surface area contributed by atoms with Crippen LogP contribution in [0.3, 0.4) is 0 Å². The second-order valence-corrected chi connectivity index (χ2v) is 4.34. The maximum atomic E-state index is 11.8. The number of hydrogen-bond donors (Lipinski definition) is 1.